The van der Waals surface area contributed by atoms with Crippen LogP contribution in [0.25, 0.3) is 5.82 Å². The van der Waals surface area contributed by atoms with E-state index in [4.69, 9.17) is 11.6 Å². The minimum absolute atomic E-state index is 0.0414. The maximum atomic E-state index is 13.0. The number of carbonyl (C=O) groups excluding carboxylic acids is 1. The Morgan fingerprint density at radius 1 is 0.971 bits per heavy atom. The van der Waals surface area contributed by atoms with Gasteiger partial charge in [-0.1, -0.05) is 11.6 Å². The molecule has 0 saturated carbocycles. The Morgan fingerprint density at radius 2 is 1.65 bits per heavy atom. The summed E-state index contributed by atoms with van der Waals surface area (Å²) < 4.78 is 40.7. The number of nitrogens with zero attached hydrogens (tertiary/aromatic N) is 4. The van der Waals surface area contributed by atoms with Crippen LogP contribution in [-0.2, 0) is 6.18 Å². The van der Waals surface area contributed by atoms with Crippen LogP contribution in [0.15, 0.2) is 67.3 Å². The van der Waals surface area contributed by atoms with Crippen molar-refractivity contribution in [2.24, 2.45) is 0 Å². The van der Waals surface area contributed by atoms with Gasteiger partial charge in [-0.3, -0.25) is 4.57 Å². The molecule has 12 heteroatoms. The first kappa shape index (κ1) is 23.1. The fourth-order valence-corrected chi connectivity index (χ4v) is 3.27. The molecule has 3 N–H and O–H groups in total. The van der Waals surface area contributed by atoms with Crippen molar-refractivity contribution in [3.8, 4) is 5.82 Å². The SMILES string of the molecule is Cc1nc(Nc2ccc(NC(=O)Nc3ccc(Cl)c(C(F)(F)F)c3)cc2)cc(-n2ccnc2)n1. The molecule has 0 radical (unpaired) electrons. The van der Waals surface area contributed by atoms with Crippen molar-refractivity contribution in [3.63, 3.8) is 0 Å². The largest absolute Gasteiger partial charge is 0.417 e. The van der Waals surface area contributed by atoms with Gasteiger partial charge in [0.05, 0.1) is 10.6 Å². The smallest absolute Gasteiger partial charge is 0.340 e. The molecule has 0 aliphatic carbocycles. The van der Waals surface area contributed by atoms with Crippen LogP contribution in [0, 0.1) is 6.92 Å². The van der Waals surface area contributed by atoms with E-state index in [9.17, 15) is 18.0 Å². The molecule has 0 aliphatic rings. The lowest BCUT2D eigenvalue weighted by Crippen LogP contribution is -2.19. The van der Waals surface area contributed by atoms with E-state index < -0.39 is 22.8 Å². The van der Waals surface area contributed by atoms with E-state index in [-0.39, 0.29) is 5.69 Å². The van der Waals surface area contributed by atoms with E-state index in [0.29, 0.717) is 28.8 Å². The minimum Gasteiger partial charge on any atom is -0.340 e. The molecule has 8 nitrogen and oxygen atoms in total. The van der Waals surface area contributed by atoms with Gasteiger partial charge < -0.3 is 16.0 Å². The Morgan fingerprint density at radius 3 is 2.32 bits per heavy atom. The number of carbonyl (C=O) groups is 1. The molecule has 2 aromatic carbocycles. The van der Waals surface area contributed by atoms with Crippen LogP contribution in [0.2, 0.25) is 5.02 Å². The number of anilines is 4. The Bertz CT molecular complexity index is 1310. The third-order valence-electron chi connectivity index (χ3n) is 4.54. The van der Waals surface area contributed by atoms with Crippen LogP contribution in [0.3, 0.4) is 0 Å². The standard InChI is InChI=1S/C22H17ClF3N7O/c1-13-28-19(11-20(29-13)33-9-8-27-12-33)30-14-2-4-15(5-3-14)31-21(34)32-16-6-7-18(23)17(10-16)22(24,25)26/h2-12H,1H3,(H,28,29,30)(H2,31,32,34). The van der Waals surface area contributed by atoms with Crippen LogP contribution >= 0.6 is 11.6 Å². The van der Waals surface area contributed by atoms with Gasteiger partial charge in [0.1, 0.15) is 23.8 Å². The Hall–Kier alpha value is -4.12. The quantitative estimate of drug-likeness (QED) is 0.319. The molecule has 4 rings (SSSR count). The predicted octanol–water partition coefficient (Wildman–Crippen LogP) is 6.03. The number of aromatic nitrogens is 4. The van der Waals surface area contributed by atoms with E-state index in [0.717, 1.165) is 12.1 Å². The average Bonchev–Trinajstić information content (AvgIpc) is 3.30. The molecule has 0 aliphatic heterocycles. The van der Waals surface area contributed by atoms with Crippen molar-refractivity contribution in [3.05, 3.63) is 83.7 Å². The first-order valence-electron chi connectivity index (χ1n) is 9.83. The molecule has 2 amide bonds. The summed E-state index contributed by atoms with van der Waals surface area (Å²) in [7, 11) is 0. The van der Waals surface area contributed by atoms with E-state index in [1.54, 1.807) is 60.5 Å². The number of benzene rings is 2. The number of hydrogen-bond acceptors (Lipinski definition) is 5. The molecule has 0 unspecified atom stereocenters. The first-order chi connectivity index (χ1) is 16.2. The molecule has 0 spiro atoms. The highest BCUT2D eigenvalue weighted by molar-refractivity contribution is 6.31. The fourth-order valence-electron chi connectivity index (χ4n) is 3.04. The zero-order valence-electron chi connectivity index (χ0n) is 17.6. The highest BCUT2D eigenvalue weighted by Crippen LogP contribution is 2.36. The Kier molecular flexibility index (Phi) is 6.37. The highest BCUT2D eigenvalue weighted by Gasteiger charge is 2.33. The number of alkyl halides is 3. The molecule has 34 heavy (non-hydrogen) atoms. The second kappa shape index (κ2) is 9.40. The van der Waals surface area contributed by atoms with E-state index in [2.05, 4.69) is 30.9 Å². The summed E-state index contributed by atoms with van der Waals surface area (Å²) in [5.41, 5.74) is 0.0677. The third kappa shape index (κ3) is 5.62. The molecular weight excluding hydrogens is 471 g/mol. The van der Waals surface area contributed by atoms with Crippen molar-refractivity contribution >= 4 is 40.5 Å². The van der Waals surface area contributed by atoms with Crippen molar-refractivity contribution in [1.82, 2.24) is 19.5 Å². The summed E-state index contributed by atoms with van der Waals surface area (Å²) >= 11 is 5.60. The second-order valence-electron chi connectivity index (χ2n) is 7.10. The number of halogens is 4. The van der Waals surface area contributed by atoms with Gasteiger partial charge in [0.25, 0.3) is 0 Å². The summed E-state index contributed by atoms with van der Waals surface area (Å²) in [6, 6.07) is 10.9. The predicted molar refractivity (Wildman–Crippen MR) is 123 cm³/mol. The molecule has 0 bridgehead atoms. The normalized spacial score (nSPS) is 11.2. The van der Waals surface area contributed by atoms with Crippen molar-refractivity contribution < 1.29 is 18.0 Å². The summed E-state index contributed by atoms with van der Waals surface area (Å²) in [6.07, 6.45) is 0.417. The van der Waals surface area contributed by atoms with Gasteiger partial charge in [-0.15, -0.1) is 0 Å². The van der Waals surface area contributed by atoms with Crippen LogP contribution in [0.1, 0.15) is 11.4 Å². The molecule has 2 heterocycles. The number of rotatable bonds is 5. The zero-order chi connectivity index (χ0) is 24.3. The summed E-state index contributed by atoms with van der Waals surface area (Å²) in [5, 5.41) is 7.64. The van der Waals surface area contributed by atoms with Crippen LogP contribution in [-0.4, -0.2) is 25.6 Å². The van der Waals surface area contributed by atoms with Crippen LogP contribution < -0.4 is 16.0 Å². The van der Waals surface area contributed by atoms with Crippen molar-refractivity contribution in [2.45, 2.75) is 13.1 Å². The molecule has 4 aromatic rings. The van der Waals surface area contributed by atoms with E-state index >= 15 is 0 Å². The van der Waals surface area contributed by atoms with Gasteiger partial charge in [0.2, 0.25) is 0 Å². The molecule has 0 atom stereocenters. The van der Waals surface area contributed by atoms with Gasteiger partial charge in [0, 0.05) is 35.5 Å². The summed E-state index contributed by atoms with van der Waals surface area (Å²) in [4.78, 5) is 25.0. The van der Waals surface area contributed by atoms with Crippen molar-refractivity contribution in [1.29, 1.82) is 0 Å². The molecule has 0 fully saturated rings. The van der Waals surface area contributed by atoms with Crippen molar-refractivity contribution in [2.75, 3.05) is 16.0 Å². The average molecular weight is 488 g/mol. The van der Waals surface area contributed by atoms with Gasteiger partial charge in [-0.25, -0.2) is 19.7 Å². The van der Waals surface area contributed by atoms with Crippen LogP contribution in [0.4, 0.5) is 40.8 Å². The minimum atomic E-state index is -4.63. The monoisotopic (exact) mass is 487 g/mol. The second-order valence-corrected chi connectivity index (χ2v) is 7.51. The third-order valence-corrected chi connectivity index (χ3v) is 4.87. The van der Waals surface area contributed by atoms with Gasteiger partial charge in [-0.05, 0) is 49.4 Å². The van der Waals surface area contributed by atoms with Gasteiger partial charge in [-0.2, -0.15) is 13.2 Å². The zero-order valence-corrected chi connectivity index (χ0v) is 18.3. The Labute approximate surface area is 196 Å². The summed E-state index contributed by atoms with van der Waals surface area (Å²) in [5.74, 6) is 1.79. The fraction of sp³-hybridized carbons (Fsp3) is 0.0909. The lowest BCUT2D eigenvalue weighted by atomic mass is 10.2. The van der Waals surface area contributed by atoms with E-state index in [1.807, 2.05) is 0 Å². The molecule has 2 aromatic heterocycles. The number of hydrogen-bond donors (Lipinski definition) is 3. The molecule has 0 saturated heterocycles. The van der Waals surface area contributed by atoms with E-state index in [1.165, 1.54) is 6.07 Å². The first-order valence-corrected chi connectivity index (χ1v) is 10.2. The topological polar surface area (TPSA) is 96.8 Å². The Balaban J connectivity index is 1.40. The highest BCUT2D eigenvalue weighted by atomic mass is 35.5. The summed E-state index contributed by atoms with van der Waals surface area (Å²) in [6.45, 7) is 1.77. The van der Waals surface area contributed by atoms with Gasteiger partial charge in [0.15, 0.2) is 0 Å². The number of nitrogens with one attached hydrogen (secondary N) is 3. The number of urea groups is 1. The van der Waals surface area contributed by atoms with Gasteiger partial charge >= 0.3 is 12.2 Å². The van der Waals surface area contributed by atoms with Crippen LogP contribution in [0.5, 0.6) is 0 Å². The maximum absolute atomic E-state index is 13.0. The lowest BCUT2D eigenvalue weighted by molar-refractivity contribution is -0.137. The lowest BCUT2D eigenvalue weighted by Gasteiger charge is -2.13. The molecule has 174 valence electrons. The maximum Gasteiger partial charge on any atom is 0.417 e. The molecular formula is C22H17ClF3N7O. The number of imidazole rings is 1. The number of amides is 2. The number of aryl methyl sites for hydroxylation is 1.